The summed E-state index contributed by atoms with van der Waals surface area (Å²) in [4.78, 5) is 21.5. The summed E-state index contributed by atoms with van der Waals surface area (Å²) in [5.41, 5.74) is 5.54. The molecule has 6 heteroatoms. The fourth-order valence-corrected chi connectivity index (χ4v) is 0.924. The lowest BCUT2D eigenvalue weighted by atomic mass is 10.4. The van der Waals surface area contributed by atoms with Gasteiger partial charge in [-0.1, -0.05) is 6.92 Å². The summed E-state index contributed by atoms with van der Waals surface area (Å²) in [7, 11) is 0. The predicted octanol–water partition coefficient (Wildman–Crippen LogP) is -0.283. The molecule has 1 rings (SSSR count). The summed E-state index contributed by atoms with van der Waals surface area (Å²) >= 11 is 0. The fourth-order valence-electron chi connectivity index (χ4n) is 0.924. The van der Waals surface area contributed by atoms with Crippen molar-refractivity contribution in [2.45, 2.75) is 19.9 Å². The molecule has 3 N–H and O–H groups in total. The van der Waals surface area contributed by atoms with Gasteiger partial charge < -0.3 is 11.1 Å². The van der Waals surface area contributed by atoms with Crippen molar-refractivity contribution < 1.29 is 9.59 Å². The molecule has 0 saturated carbocycles. The molecule has 0 bridgehead atoms. The second-order valence-corrected chi connectivity index (χ2v) is 2.79. The number of carbonyl (C=O) groups is 2. The van der Waals surface area contributed by atoms with Gasteiger partial charge in [-0.15, -0.1) is 0 Å². The van der Waals surface area contributed by atoms with Crippen LogP contribution in [0.25, 0.3) is 0 Å². The average Bonchev–Trinajstić information content (AvgIpc) is 2.51. The SMILES string of the molecule is CCC(=O)Nc1cnn(CC(N)=O)c1. The first-order valence-electron chi connectivity index (χ1n) is 4.22. The summed E-state index contributed by atoms with van der Waals surface area (Å²) in [6, 6.07) is 0. The van der Waals surface area contributed by atoms with E-state index in [2.05, 4.69) is 10.4 Å². The van der Waals surface area contributed by atoms with E-state index in [1.54, 1.807) is 13.1 Å². The van der Waals surface area contributed by atoms with E-state index >= 15 is 0 Å². The molecule has 0 fully saturated rings. The van der Waals surface area contributed by atoms with Crippen LogP contribution in [0.5, 0.6) is 0 Å². The van der Waals surface area contributed by atoms with Gasteiger partial charge in [0, 0.05) is 12.6 Å². The van der Waals surface area contributed by atoms with Crippen LogP contribution in [0.15, 0.2) is 12.4 Å². The van der Waals surface area contributed by atoms with Crippen LogP contribution in [-0.4, -0.2) is 21.6 Å². The van der Waals surface area contributed by atoms with E-state index in [0.29, 0.717) is 12.1 Å². The van der Waals surface area contributed by atoms with E-state index < -0.39 is 5.91 Å². The molecular formula is C8H12N4O2. The van der Waals surface area contributed by atoms with E-state index in [1.165, 1.54) is 10.9 Å². The molecule has 0 atom stereocenters. The molecule has 76 valence electrons. The molecule has 0 spiro atoms. The van der Waals surface area contributed by atoms with Crippen molar-refractivity contribution in [1.29, 1.82) is 0 Å². The van der Waals surface area contributed by atoms with Crippen molar-refractivity contribution in [2.75, 3.05) is 5.32 Å². The zero-order chi connectivity index (χ0) is 10.6. The molecule has 0 aromatic carbocycles. The Morgan fingerprint density at radius 1 is 1.64 bits per heavy atom. The standard InChI is InChI=1S/C8H12N4O2/c1-2-8(14)11-6-3-10-12(4-6)5-7(9)13/h3-4H,2,5H2,1H3,(H2,9,13)(H,11,14). The Hall–Kier alpha value is -1.85. The predicted molar refractivity (Wildman–Crippen MR) is 50.3 cm³/mol. The lowest BCUT2D eigenvalue weighted by molar-refractivity contribution is -0.118. The maximum absolute atomic E-state index is 11.0. The van der Waals surface area contributed by atoms with E-state index in [9.17, 15) is 9.59 Å². The summed E-state index contributed by atoms with van der Waals surface area (Å²) in [5.74, 6) is -0.565. The van der Waals surface area contributed by atoms with Crippen LogP contribution in [0, 0.1) is 0 Å². The molecule has 0 aliphatic heterocycles. The summed E-state index contributed by atoms with van der Waals surface area (Å²) in [6.07, 6.45) is 3.43. The number of rotatable bonds is 4. The van der Waals surface area contributed by atoms with Gasteiger partial charge in [-0.25, -0.2) is 0 Å². The molecule has 0 unspecified atom stereocenters. The number of aromatic nitrogens is 2. The highest BCUT2D eigenvalue weighted by atomic mass is 16.2. The highest BCUT2D eigenvalue weighted by Crippen LogP contribution is 2.04. The first-order chi connectivity index (χ1) is 6.61. The molecule has 6 nitrogen and oxygen atoms in total. The van der Waals surface area contributed by atoms with Gasteiger partial charge in [0.2, 0.25) is 11.8 Å². The van der Waals surface area contributed by atoms with Crippen molar-refractivity contribution in [3.8, 4) is 0 Å². The van der Waals surface area contributed by atoms with Crippen molar-refractivity contribution in [3.05, 3.63) is 12.4 Å². The third kappa shape index (κ3) is 2.89. The summed E-state index contributed by atoms with van der Waals surface area (Å²) in [6.45, 7) is 1.77. The molecular weight excluding hydrogens is 184 g/mol. The summed E-state index contributed by atoms with van der Waals surface area (Å²) in [5, 5.41) is 6.46. The molecule has 0 aliphatic carbocycles. The second-order valence-electron chi connectivity index (χ2n) is 2.79. The Morgan fingerprint density at radius 3 is 2.93 bits per heavy atom. The highest BCUT2D eigenvalue weighted by Gasteiger charge is 2.03. The van der Waals surface area contributed by atoms with Gasteiger partial charge in [-0.05, 0) is 0 Å². The van der Waals surface area contributed by atoms with Gasteiger partial charge in [-0.2, -0.15) is 5.10 Å². The van der Waals surface area contributed by atoms with Crippen LogP contribution < -0.4 is 11.1 Å². The van der Waals surface area contributed by atoms with Crippen molar-refractivity contribution in [1.82, 2.24) is 9.78 Å². The largest absolute Gasteiger partial charge is 0.368 e. The third-order valence-corrected chi connectivity index (χ3v) is 1.56. The average molecular weight is 196 g/mol. The van der Waals surface area contributed by atoms with Gasteiger partial charge in [-0.3, -0.25) is 14.3 Å². The van der Waals surface area contributed by atoms with Crippen LogP contribution in [0.3, 0.4) is 0 Å². The molecule has 0 radical (unpaired) electrons. The van der Waals surface area contributed by atoms with Crippen LogP contribution in [0.1, 0.15) is 13.3 Å². The molecule has 0 aliphatic rings. The van der Waals surface area contributed by atoms with E-state index in [1.807, 2.05) is 0 Å². The first-order valence-corrected chi connectivity index (χ1v) is 4.22. The zero-order valence-electron chi connectivity index (χ0n) is 7.86. The quantitative estimate of drug-likeness (QED) is 0.693. The summed E-state index contributed by atoms with van der Waals surface area (Å²) < 4.78 is 1.37. The van der Waals surface area contributed by atoms with Crippen molar-refractivity contribution in [3.63, 3.8) is 0 Å². The molecule has 0 saturated heterocycles. The molecule has 1 heterocycles. The van der Waals surface area contributed by atoms with Gasteiger partial charge in [0.15, 0.2) is 0 Å². The highest BCUT2D eigenvalue weighted by molar-refractivity contribution is 5.90. The van der Waals surface area contributed by atoms with Gasteiger partial charge in [0.05, 0.1) is 11.9 Å². The number of hydrogen-bond acceptors (Lipinski definition) is 3. The molecule has 14 heavy (non-hydrogen) atoms. The minimum Gasteiger partial charge on any atom is -0.368 e. The lowest BCUT2D eigenvalue weighted by Gasteiger charge is -1.97. The Morgan fingerprint density at radius 2 is 2.36 bits per heavy atom. The maximum atomic E-state index is 11.0. The molecule has 1 aromatic rings. The Labute approximate surface area is 81.1 Å². The number of primary amides is 1. The van der Waals surface area contributed by atoms with Crippen LogP contribution in [0.4, 0.5) is 5.69 Å². The number of nitrogens with one attached hydrogen (secondary N) is 1. The third-order valence-electron chi connectivity index (χ3n) is 1.56. The van der Waals surface area contributed by atoms with Gasteiger partial charge in [0.25, 0.3) is 0 Å². The Kier molecular flexibility index (Phi) is 3.22. The van der Waals surface area contributed by atoms with Gasteiger partial charge in [0.1, 0.15) is 6.54 Å². The Bertz CT molecular complexity index is 345. The lowest BCUT2D eigenvalue weighted by Crippen LogP contribution is -2.18. The second kappa shape index (κ2) is 4.40. The normalized spacial score (nSPS) is 9.79. The fraction of sp³-hybridized carbons (Fsp3) is 0.375. The van der Waals surface area contributed by atoms with Gasteiger partial charge >= 0.3 is 0 Å². The van der Waals surface area contributed by atoms with Crippen molar-refractivity contribution >= 4 is 17.5 Å². The van der Waals surface area contributed by atoms with Crippen LogP contribution >= 0.6 is 0 Å². The monoisotopic (exact) mass is 196 g/mol. The van der Waals surface area contributed by atoms with E-state index in [0.717, 1.165) is 0 Å². The van der Waals surface area contributed by atoms with E-state index in [4.69, 9.17) is 5.73 Å². The minimum atomic E-state index is -0.471. The number of anilines is 1. The number of nitrogens with zero attached hydrogens (tertiary/aromatic N) is 2. The Balaban J connectivity index is 2.59. The smallest absolute Gasteiger partial charge is 0.239 e. The first kappa shape index (κ1) is 10.2. The number of carbonyl (C=O) groups excluding carboxylic acids is 2. The maximum Gasteiger partial charge on any atom is 0.239 e. The number of nitrogens with two attached hydrogens (primary N) is 1. The van der Waals surface area contributed by atoms with E-state index in [-0.39, 0.29) is 12.5 Å². The molecule has 1 aromatic heterocycles. The number of hydrogen-bond donors (Lipinski definition) is 2. The number of amides is 2. The molecule has 2 amide bonds. The minimum absolute atomic E-state index is 0.0159. The van der Waals surface area contributed by atoms with Crippen molar-refractivity contribution in [2.24, 2.45) is 5.73 Å². The topological polar surface area (TPSA) is 90.0 Å². The van der Waals surface area contributed by atoms with Crippen LogP contribution in [-0.2, 0) is 16.1 Å². The zero-order valence-corrected chi connectivity index (χ0v) is 7.86. The van der Waals surface area contributed by atoms with Crippen LogP contribution in [0.2, 0.25) is 0 Å².